The number of piperidine rings is 1. The van der Waals surface area contributed by atoms with E-state index < -0.39 is 24.0 Å². The summed E-state index contributed by atoms with van der Waals surface area (Å²) in [5, 5.41) is 3.42. The van der Waals surface area contributed by atoms with E-state index in [2.05, 4.69) is 15.3 Å². The third-order valence-corrected chi connectivity index (χ3v) is 6.19. The molecule has 2 aliphatic rings. The second kappa shape index (κ2) is 8.99. The van der Waals surface area contributed by atoms with Crippen molar-refractivity contribution in [1.29, 1.82) is 0 Å². The SMILES string of the molecule is Cc1nc(C2=C(N)CN(C(=O)c3ccc(F)cc3O[C@H]3CCNC[C@@H]3F)C2)nc(C)c1Cl. The Bertz CT molecular complexity index is 1070. The summed E-state index contributed by atoms with van der Waals surface area (Å²) in [6, 6.07) is 3.64. The quantitative estimate of drug-likeness (QED) is 0.724. The molecule has 0 radical (unpaired) electrons. The molecule has 170 valence electrons. The number of alkyl halides is 1. The fraction of sp³-hybridized carbons (Fsp3) is 0.409. The number of hydrogen-bond acceptors (Lipinski definition) is 6. The first-order valence-electron chi connectivity index (χ1n) is 10.3. The van der Waals surface area contributed by atoms with Crippen LogP contribution in [0, 0.1) is 19.7 Å². The molecule has 1 fully saturated rings. The minimum atomic E-state index is -1.25. The maximum atomic E-state index is 14.2. The summed E-state index contributed by atoms with van der Waals surface area (Å²) in [6.45, 7) is 4.63. The minimum absolute atomic E-state index is 0.0194. The first kappa shape index (κ1) is 22.4. The standard InChI is InChI=1S/C22H24ClF2N5O2/c1-11-20(23)12(2)29-21(28-11)15-9-30(10-17(15)26)22(31)14-4-3-13(24)7-19(14)32-18-5-6-27-8-16(18)25/h3-4,7,16,18,27H,5-6,8-10,26H2,1-2H3/t16-,18-/m0/s1. The van der Waals surface area contributed by atoms with Crippen LogP contribution in [-0.2, 0) is 0 Å². The predicted octanol–water partition coefficient (Wildman–Crippen LogP) is 2.79. The van der Waals surface area contributed by atoms with Crippen LogP contribution < -0.4 is 15.8 Å². The Morgan fingerprint density at radius 2 is 2.00 bits per heavy atom. The van der Waals surface area contributed by atoms with Crippen molar-refractivity contribution in [2.45, 2.75) is 32.5 Å². The lowest BCUT2D eigenvalue weighted by molar-refractivity contribution is 0.0676. The number of nitrogens with one attached hydrogen (secondary N) is 1. The number of aromatic nitrogens is 2. The van der Waals surface area contributed by atoms with Gasteiger partial charge >= 0.3 is 0 Å². The summed E-state index contributed by atoms with van der Waals surface area (Å²) < 4.78 is 33.9. The lowest BCUT2D eigenvalue weighted by Crippen LogP contribution is -2.44. The predicted molar refractivity (Wildman–Crippen MR) is 117 cm³/mol. The second-order valence-electron chi connectivity index (χ2n) is 8.00. The van der Waals surface area contributed by atoms with Gasteiger partial charge in [-0.1, -0.05) is 11.6 Å². The molecule has 7 nitrogen and oxygen atoms in total. The molecule has 0 spiro atoms. The Balaban J connectivity index is 1.57. The zero-order valence-corrected chi connectivity index (χ0v) is 18.5. The van der Waals surface area contributed by atoms with Gasteiger partial charge in [-0.2, -0.15) is 0 Å². The van der Waals surface area contributed by atoms with E-state index in [1.807, 2.05) is 0 Å². The van der Waals surface area contributed by atoms with Crippen LogP contribution in [0.2, 0.25) is 5.02 Å². The van der Waals surface area contributed by atoms with Crippen molar-refractivity contribution in [1.82, 2.24) is 20.2 Å². The molecule has 0 unspecified atom stereocenters. The molecule has 0 saturated carbocycles. The second-order valence-corrected chi connectivity index (χ2v) is 8.38. The number of ether oxygens (including phenoxy) is 1. The molecule has 1 aromatic heterocycles. The highest BCUT2D eigenvalue weighted by Gasteiger charge is 2.32. The minimum Gasteiger partial charge on any atom is -0.486 e. The maximum absolute atomic E-state index is 14.2. The van der Waals surface area contributed by atoms with E-state index in [-0.39, 0.29) is 30.9 Å². The van der Waals surface area contributed by atoms with Gasteiger partial charge in [0.1, 0.15) is 23.8 Å². The highest BCUT2D eigenvalue weighted by atomic mass is 35.5. The number of amides is 1. The molecule has 4 rings (SSSR count). The van der Waals surface area contributed by atoms with Crippen LogP contribution in [0.4, 0.5) is 8.78 Å². The van der Waals surface area contributed by atoms with E-state index in [1.54, 1.807) is 13.8 Å². The largest absolute Gasteiger partial charge is 0.486 e. The molecule has 2 aliphatic heterocycles. The van der Waals surface area contributed by atoms with Crippen molar-refractivity contribution in [2.24, 2.45) is 5.73 Å². The highest BCUT2D eigenvalue weighted by molar-refractivity contribution is 6.31. The van der Waals surface area contributed by atoms with Gasteiger partial charge in [0.15, 0.2) is 5.82 Å². The van der Waals surface area contributed by atoms with Crippen molar-refractivity contribution in [2.75, 3.05) is 26.2 Å². The molecule has 0 bridgehead atoms. The first-order valence-corrected chi connectivity index (χ1v) is 10.7. The van der Waals surface area contributed by atoms with E-state index in [0.29, 0.717) is 46.5 Å². The summed E-state index contributed by atoms with van der Waals surface area (Å²) in [6.07, 6.45) is -1.59. The fourth-order valence-electron chi connectivity index (χ4n) is 3.88. The molecule has 3 N–H and O–H groups in total. The number of rotatable bonds is 4. The summed E-state index contributed by atoms with van der Waals surface area (Å²) in [5.74, 6) is -0.528. The van der Waals surface area contributed by atoms with E-state index in [1.165, 1.54) is 17.0 Å². The lowest BCUT2D eigenvalue weighted by atomic mass is 10.1. The van der Waals surface area contributed by atoms with Gasteiger partial charge < -0.3 is 20.7 Å². The van der Waals surface area contributed by atoms with E-state index >= 15 is 0 Å². The summed E-state index contributed by atoms with van der Waals surface area (Å²) >= 11 is 6.16. The van der Waals surface area contributed by atoms with Gasteiger partial charge in [-0.15, -0.1) is 0 Å². The van der Waals surface area contributed by atoms with E-state index in [9.17, 15) is 13.6 Å². The van der Waals surface area contributed by atoms with Gasteiger partial charge in [0, 0.05) is 23.9 Å². The van der Waals surface area contributed by atoms with Gasteiger partial charge in [0.05, 0.1) is 35.1 Å². The van der Waals surface area contributed by atoms with Crippen LogP contribution in [-0.4, -0.2) is 59.2 Å². The van der Waals surface area contributed by atoms with Crippen molar-refractivity contribution >= 4 is 23.1 Å². The number of nitrogens with two attached hydrogens (primary N) is 1. The van der Waals surface area contributed by atoms with Crippen molar-refractivity contribution in [3.8, 4) is 5.75 Å². The molecule has 1 saturated heterocycles. The van der Waals surface area contributed by atoms with Crippen molar-refractivity contribution in [3.05, 3.63) is 57.5 Å². The van der Waals surface area contributed by atoms with Crippen molar-refractivity contribution in [3.63, 3.8) is 0 Å². The normalized spacial score (nSPS) is 21.2. The summed E-state index contributed by atoms with van der Waals surface area (Å²) in [4.78, 5) is 23.6. The van der Waals surface area contributed by atoms with Crippen molar-refractivity contribution < 1.29 is 18.3 Å². The number of benzene rings is 1. The van der Waals surface area contributed by atoms with Gasteiger partial charge in [0.2, 0.25) is 0 Å². The summed E-state index contributed by atoms with van der Waals surface area (Å²) in [7, 11) is 0. The third kappa shape index (κ3) is 4.40. The number of nitrogens with zero attached hydrogens (tertiary/aromatic N) is 3. The van der Waals surface area contributed by atoms with E-state index in [0.717, 1.165) is 6.07 Å². The number of hydrogen-bond donors (Lipinski definition) is 2. The molecule has 1 aromatic carbocycles. The highest BCUT2D eigenvalue weighted by Crippen LogP contribution is 2.30. The maximum Gasteiger partial charge on any atom is 0.258 e. The van der Waals surface area contributed by atoms with Crippen LogP contribution in [0.3, 0.4) is 0 Å². The molecule has 2 aromatic rings. The lowest BCUT2D eigenvalue weighted by Gasteiger charge is -2.28. The van der Waals surface area contributed by atoms with Gasteiger partial charge in [-0.05, 0) is 38.9 Å². The Kier molecular flexibility index (Phi) is 6.30. The fourth-order valence-corrected chi connectivity index (χ4v) is 3.96. The third-order valence-electron chi connectivity index (χ3n) is 5.64. The Labute approximate surface area is 189 Å². The van der Waals surface area contributed by atoms with Crippen LogP contribution in [0.5, 0.6) is 5.75 Å². The topological polar surface area (TPSA) is 93.4 Å². The van der Waals surface area contributed by atoms with Gasteiger partial charge in [0.25, 0.3) is 5.91 Å². The molecule has 32 heavy (non-hydrogen) atoms. The molecule has 2 atom stereocenters. The number of carbonyl (C=O) groups is 1. The molecule has 3 heterocycles. The molecule has 0 aliphatic carbocycles. The number of aryl methyl sites for hydroxylation is 2. The molecular weight excluding hydrogens is 440 g/mol. The van der Waals surface area contributed by atoms with Crippen LogP contribution in [0.25, 0.3) is 5.57 Å². The Morgan fingerprint density at radius 3 is 2.69 bits per heavy atom. The monoisotopic (exact) mass is 463 g/mol. The Hall–Kier alpha value is -2.78. The number of halogens is 3. The molecule has 1 amide bonds. The average Bonchev–Trinajstić information content (AvgIpc) is 3.14. The van der Waals surface area contributed by atoms with Crippen LogP contribution in [0.1, 0.15) is 34.0 Å². The summed E-state index contributed by atoms with van der Waals surface area (Å²) in [5.41, 5.74) is 8.70. The number of carbonyl (C=O) groups excluding carboxylic acids is 1. The average molecular weight is 464 g/mol. The van der Waals surface area contributed by atoms with Gasteiger partial charge in [-0.25, -0.2) is 18.7 Å². The van der Waals surface area contributed by atoms with E-state index in [4.69, 9.17) is 22.1 Å². The first-order chi connectivity index (χ1) is 15.2. The van der Waals surface area contributed by atoms with Crippen LogP contribution in [0.15, 0.2) is 23.9 Å². The van der Waals surface area contributed by atoms with Crippen LogP contribution >= 0.6 is 11.6 Å². The Morgan fingerprint density at radius 1 is 1.28 bits per heavy atom. The zero-order valence-electron chi connectivity index (χ0n) is 17.8. The molecular formula is C22H24ClF2N5O2. The molecule has 10 heteroatoms. The smallest absolute Gasteiger partial charge is 0.258 e. The van der Waals surface area contributed by atoms with Gasteiger partial charge in [-0.3, -0.25) is 4.79 Å². The zero-order chi connectivity index (χ0) is 23.0.